The van der Waals surface area contributed by atoms with Crippen molar-refractivity contribution in [3.05, 3.63) is 45.7 Å². The van der Waals surface area contributed by atoms with Crippen molar-refractivity contribution in [2.75, 3.05) is 25.0 Å². The van der Waals surface area contributed by atoms with Crippen LogP contribution in [0.5, 0.6) is 5.75 Å². The Morgan fingerprint density at radius 3 is 2.88 bits per heavy atom. The lowest BCUT2D eigenvalue weighted by molar-refractivity contribution is 0.327. The Bertz CT molecular complexity index is 931. The molecule has 0 amide bonds. The molecule has 2 aromatic heterocycles. The second kappa shape index (κ2) is 8.07. The standard InChI is InChI=1S/C17H18Cl2FN5O/c1-9-10(11-3-2-4-12(20)13(11)23-9)5-7-22-16-14(26-8-6-21)15(18)24-17(19)25-16/h2-4,23H,5-8,21H2,1H3,(H,22,24,25). The normalized spacial score (nSPS) is 11.1. The zero-order chi connectivity index (χ0) is 18.7. The zero-order valence-corrected chi connectivity index (χ0v) is 15.6. The number of halogens is 3. The highest BCUT2D eigenvalue weighted by Gasteiger charge is 2.15. The van der Waals surface area contributed by atoms with Crippen molar-refractivity contribution in [3.8, 4) is 5.75 Å². The first-order valence-electron chi connectivity index (χ1n) is 8.06. The summed E-state index contributed by atoms with van der Waals surface area (Å²) in [7, 11) is 0. The molecule has 3 rings (SSSR count). The third-order valence-corrected chi connectivity index (χ3v) is 4.36. The molecule has 0 aliphatic heterocycles. The van der Waals surface area contributed by atoms with Crippen LogP contribution in [0.4, 0.5) is 10.2 Å². The first-order valence-corrected chi connectivity index (χ1v) is 8.82. The smallest absolute Gasteiger partial charge is 0.226 e. The van der Waals surface area contributed by atoms with Crippen LogP contribution >= 0.6 is 23.2 Å². The van der Waals surface area contributed by atoms with Gasteiger partial charge in [0.1, 0.15) is 12.4 Å². The van der Waals surface area contributed by atoms with Crippen LogP contribution in [0.15, 0.2) is 18.2 Å². The maximum absolute atomic E-state index is 13.9. The van der Waals surface area contributed by atoms with Gasteiger partial charge < -0.3 is 20.8 Å². The average molecular weight is 398 g/mol. The van der Waals surface area contributed by atoms with E-state index in [1.165, 1.54) is 6.07 Å². The summed E-state index contributed by atoms with van der Waals surface area (Å²) >= 11 is 12.0. The number of hydrogen-bond donors (Lipinski definition) is 3. The van der Waals surface area contributed by atoms with Crippen molar-refractivity contribution in [2.24, 2.45) is 5.73 Å². The summed E-state index contributed by atoms with van der Waals surface area (Å²) in [5, 5.41) is 4.15. The lowest BCUT2D eigenvalue weighted by Crippen LogP contribution is -2.14. The van der Waals surface area contributed by atoms with Gasteiger partial charge in [0, 0.05) is 24.2 Å². The number of H-pyrrole nitrogens is 1. The van der Waals surface area contributed by atoms with E-state index in [1.54, 1.807) is 6.07 Å². The highest BCUT2D eigenvalue weighted by molar-refractivity contribution is 6.33. The number of nitrogens with two attached hydrogens (primary N) is 1. The minimum absolute atomic E-state index is 0.0166. The topological polar surface area (TPSA) is 88.8 Å². The first-order chi connectivity index (χ1) is 12.5. The number of benzene rings is 1. The minimum Gasteiger partial charge on any atom is -0.486 e. The Balaban J connectivity index is 1.78. The number of para-hydroxylation sites is 1. The molecule has 0 unspecified atom stereocenters. The van der Waals surface area contributed by atoms with Crippen LogP contribution in [0.25, 0.3) is 10.9 Å². The van der Waals surface area contributed by atoms with Gasteiger partial charge in [-0.3, -0.25) is 0 Å². The van der Waals surface area contributed by atoms with Crippen molar-refractivity contribution in [3.63, 3.8) is 0 Å². The van der Waals surface area contributed by atoms with Gasteiger partial charge >= 0.3 is 0 Å². The number of aromatic nitrogens is 3. The number of aryl methyl sites for hydroxylation is 1. The van der Waals surface area contributed by atoms with E-state index in [0.717, 1.165) is 16.6 Å². The predicted octanol–water partition coefficient (Wildman–Crippen LogP) is 3.70. The van der Waals surface area contributed by atoms with Crippen LogP contribution in [-0.4, -0.2) is 34.6 Å². The van der Waals surface area contributed by atoms with Crippen LogP contribution in [0.3, 0.4) is 0 Å². The molecule has 4 N–H and O–H groups in total. The molecular formula is C17H18Cl2FN5O. The van der Waals surface area contributed by atoms with Crippen molar-refractivity contribution in [1.29, 1.82) is 0 Å². The molecule has 6 nitrogen and oxygen atoms in total. The third-order valence-electron chi connectivity index (χ3n) is 3.93. The molecule has 26 heavy (non-hydrogen) atoms. The van der Waals surface area contributed by atoms with Crippen LogP contribution in [0.2, 0.25) is 10.4 Å². The van der Waals surface area contributed by atoms with Crippen molar-refractivity contribution < 1.29 is 9.13 Å². The fourth-order valence-electron chi connectivity index (χ4n) is 2.80. The van der Waals surface area contributed by atoms with Crippen LogP contribution in [0, 0.1) is 12.7 Å². The van der Waals surface area contributed by atoms with Crippen molar-refractivity contribution in [2.45, 2.75) is 13.3 Å². The maximum atomic E-state index is 13.9. The van der Waals surface area contributed by atoms with Crippen LogP contribution < -0.4 is 15.8 Å². The quantitative estimate of drug-likeness (QED) is 0.417. The highest BCUT2D eigenvalue weighted by Crippen LogP contribution is 2.31. The molecule has 0 atom stereocenters. The second-order valence-corrected chi connectivity index (χ2v) is 6.36. The summed E-state index contributed by atoms with van der Waals surface area (Å²) in [6.07, 6.45) is 0.644. The first kappa shape index (κ1) is 18.7. The third kappa shape index (κ3) is 3.85. The van der Waals surface area contributed by atoms with Gasteiger partial charge in [-0.25, -0.2) is 9.37 Å². The Kier molecular flexibility index (Phi) is 5.80. The van der Waals surface area contributed by atoms with Gasteiger partial charge in [0.25, 0.3) is 0 Å². The molecule has 1 aromatic carbocycles. The summed E-state index contributed by atoms with van der Waals surface area (Å²) in [5.41, 5.74) is 7.93. The van der Waals surface area contributed by atoms with Gasteiger partial charge in [-0.15, -0.1) is 0 Å². The van der Waals surface area contributed by atoms with Crippen molar-refractivity contribution in [1.82, 2.24) is 15.0 Å². The second-order valence-electron chi connectivity index (χ2n) is 5.67. The van der Waals surface area contributed by atoms with Crippen LogP contribution in [0.1, 0.15) is 11.3 Å². The van der Waals surface area contributed by atoms with Gasteiger partial charge in [-0.2, -0.15) is 4.98 Å². The number of fused-ring (bicyclic) bond motifs is 1. The molecule has 0 saturated heterocycles. The van der Waals surface area contributed by atoms with E-state index in [-0.39, 0.29) is 22.9 Å². The fourth-order valence-corrected chi connectivity index (χ4v) is 3.24. The highest BCUT2D eigenvalue weighted by atomic mass is 35.5. The number of anilines is 1. The molecule has 138 valence electrons. The number of rotatable bonds is 7. The largest absolute Gasteiger partial charge is 0.486 e. The molecular weight excluding hydrogens is 380 g/mol. The van der Waals surface area contributed by atoms with E-state index in [9.17, 15) is 4.39 Å². The summed E-state index contributed by atoms with van der Waals surface area (Å²) in [6.45, 7) is 3.05. The maximum Gasteiger partial charge on any atom is 0.226 e. The van der Waals surface area contributed by atoms with Gasteiger partial charge in [0.2, 0.25) is 5.28 Å². The number of nitrogens with zero attached hydrogens (tertiary/aromatic N) is 2. The van der Waals surface area contributed by atoms with E-state index in [4.69, 9.17) is 33.7 Å². The SMILES string of the molecule is Cc1[nH]c2c(F)cccc2c1CCNc1nc(Cl)nc(Cl)c1OCCN. The molecule has 9 heteroatoms. The molecule has 0 aliphatic rings. The average Bonchev–Trinajstić information content (AvgIpc) is 2.91. The van der Waals surface area contributed by atoms with E-state index in [0.29, 0.717) is 36.6 Å². The summed E-state index contributed by atoms with van der Waals surface area (Å²) in [6, 6.07) is 5.03. The molecule has 3 aromatic rings. The minimum atomic E-state index is -0.267. The molecule has 0 saturated carbocycles. The Hall–Kier alpha value is -2.09. The summed E-state index contributed by atoms with van der Waals surface area (Å²) in [5.74, 6) is 0.437. The monoisotopic (exact) mass is 397 g/mol. The van der Waals surface area contributed by atoms with Gasteiger partial charge in [-0.1, -0.05) is 23.7 Å². The van der Waals surface area contributed by atoms with E-state index < -0.39 is 0 Å². The number of aromatic amines is 1. The zero-order valence-electron chi connectivity index (χ0n) is 14.1. The van der Waals surface area contributed by atoms with Gasteiger partial charge in [0.15, 0.2) is 16.7 Å². The van der Waals surface area contributed by atoms with E-state index in [1.807, 2.05) is 13.0 Å². The van der Waals surface area contributed by atoms with Gasteiger partial charge in [0.05, 0.1) is 5.52 Å². The molecule has 0 fully saturated rings. The number of ether oxygens (including phenoxy) is 1. The lowest BCUT2D eigenvalue weighted by Gasteiger charge is -2.13. The van der Waals surface area contributed by atoms with E-state index >= 15 is 0 Å². The molecule has 0 radical (unpaired) electrons. The fraction of sp³-hybridized carbons (Fsp3) is 0.294. The Morgan fingerprint density at radius 2 is 2.12 bits per heavy atom. The lowest BCUT2D eigenvalue weighted by atomic mass is 10.1. The van der Waals surface area contributed by atoms with Crippen molar-refractivity contribution >= 4 is 39.9 Å². The molecule has 0 bridgehead atoms. The number of hydrogen-bond acceptors (Lipinski definition) is 5. The van der Waals surface area contributed by atoms with E-state index in [2.05, 4.69) is 20.3 Å². The van der Waals surface area contributed by atoms with Crippen LogP contribution in [-0.2, 0) is 6.42 Å². The summed E-state index contributed by atoms with van der Waals surface area (Å²) < 4.78 is 19.4. The molecule has 0 spiro atoms. The van der Waals surface area contributed by atoms with Gasteiger partial charge in [-0.05, 0) is 36.6 Å². The predicted molar refractivity (Wildman–Crippen MR) is 102 cm³/mol. The Labute approximate surface area is 159 Å². The number of nitrogens with one attached hydrogen (secondary N) is 2. The molecule has 2 heterocycles. The summed E-state index contributed by atoms with van der Waals surface area (Å²) in [4.78, 5) is 11.1. The molecule has 0 aliphatic carbocycles. The Morgan fingerprint density at radius 1 is 1.31 bits per heavy atom.